The molecule has 0 radical (unpaired) electrons. The summed E-state index contributed by atoms with van der Waals surface area (Å²) < 4.78 is 37.2. The van der Waals surface area contributed by atoms with Gasteiger partial charge in [-0.15, -0.1) is 0 Å². The van der Waals surface area contributed by atoms with Crippen LogP contribution in [0.2, 0.25) is 0 Å². The third kappa shape index (κ3) is 2.60. The van der Waals surface area contributed by atoms with Gasteiger partial charge in [-0.1, -0.05) is 5.16 Å². The number of hydrogen-bond acceptors (Lipinski definition) is 4. The molecule has 0 bridgehead atoms. The number of benzene rings is 2. The Hall–Kier alpha value is -2.96. The second kappa shape index (κ2) is 5.44. The maximum atomic E-state index is 13.8. The SMILES string of the molecule is O=C(O)COc1ccc2c(-c3cc(F)ccc3F)noc2c1. The number of halogens is 2. The van der Waals surface area contributed by atoms with Crippen molar-refractivity contribution in [2.75, 3.05) is 6.61 Å². The van der Waals surface area contributed by atoms with E-state index in [1.807, 2.05) is 0 Å². The molecular formula is C15H9F2NO4. The molecule has 5 nitrogen and oxygen atoms in total. The van der Waals surface area contributed by atoms with Crippen molar-refractivity contribution in [3.63, 3.8) is 0 Å². The van der Waals surface area contributed by atoms with E-state index in [-0.39, 0.29) is 22.6 Å². The van der Waals surface area contributed by atoms with Crippen molar-refractivity contribution in [2.24, 2.45) is 0 Å². The third-order valence-electron chi connectivity index (χ3n) is 2.99. The van der Waals surface area contributed by atoms with Gasteiger partial charge in [0, 0.05) is 11.6 Å². The van der Waals surface area contributed by atoms with Crippen molar-refractivity contribution < 1.29 is 27.9 Å². The largest absolute Gasteiger partial charge is 0.482 e. The Balaban J connectivity index is 2.02. The van der Waals surface area contributed by atoms with Gasteiger partial charge in [-0.25, -0.2) is 13.6 Å². The monoisotopic (exact) mass is 305 g/mol. The van der Waals surface area contributed by atoms with E-state index in [4.69, 9.17) is 14.4 Å². The Morgan fingerprint density at radius 1 is 1.23 bits per heavy atom. The summed E-state index contributed by atoms with van der Waals surface area (Å²) in [5.74, 6) is -2.05. The molecule has 1 aromatic heterocycles. The lowest BCUT2D eigenvalue weighted by molar-refractivity contribution is -0.139. The van der Waals surface area contributed by atoms with Crippen LogP contribution in [0.3, 0.4) is 0 Å². The molecular weight excluding hydrogens is 296 g/mol. The van der Waals surface area contributed by atoms with Crippen LogP contribution in [-0.4, -0.2) is 22.8 Å². The minimum atomic E-state index is -1.11. The standard InChI is InChI=1S/C15H9F2NO4/c16-8-1-4-12(17)11(5-8)15-10-3-2-9(21-7-14(19)20)6-13(10)22-18-15/h1-6H,7H2,(H,19,20). The zero-order valence-corrected chi connectivity index (χ0v) is 11.0. The van der Waals surface area contributed by atoms with Gasteiger partial charge in [-0.05, 0) is 30.3 Å². The summed E-state index contributed by atoms with van der Waals surface area (Å²) in [7, 11) is 0. The van der Waals surface area contributed by atoms with Gasteiger partial charge in [-0.3, -0.25) is 0 Å². The number of aromatic nitrogens is 1. The lowest BCUT2D eigenvalue weighted by Crippen LogP contribution is -2.09. The lowest BCUT2D eigenvalue weighted by Gasteiger charge is -2.02. The van der Waals surface area contributed by atoms with Gasteiger partial charge in [-0.2, -0.15) is 0 Å². The number of carbonyl (C=O) groups is 1. The molecule has 3 rings (SSSR count). The van der Waals surface area contributed by atoms with E-state index >= 15 is 0 Å². The second-order valence-electron chi connectivity index (χ2n) is 4.50. The van der Waals surface area contributed by atoms with Crippen molar-refractivity contribution in [3.05, 3.63) is 48.0 Å². The highest BCUT2D eigenvalue weighted by Crippen LogP contribution is 2.32. The van der Waals surface area contributed by atoms with Gasteiger partial charge in [0.15, 0.2) is 12.2 Å². The summed E-state index contributed by atoms with van der Waals surface area (Å²) in [5.41, 5.74) is 0.427. The molecule has 0 saturated heterocycles. The average Bonchev–Trinajstić information content (AvgIpc) is 2.90. The van der Waals surface area contributed by atoms with E-state index in [9.17, 15) is 13.6 Å². The van der Waals surface area contributed by atoms with Crippen molar-refractivity contribution in [2.45, 2.75) is 0 Å². The number of aliphatic carboxylic acids is 1. The van der Waals surface area contributed by atoms with Crippen molar-refractivity contribution in [3.8, 4) is 17.0 Å². The summed E-state index contributed by atoms with van der Waals surface area (Å²) >= 11 is 0. The average molecular weight is 305 g/mol. The molecule has 1 N–H and O–H groups in total. The fourth-order valence-electron chi connectivity index (χ4n) is 2.03. The zero-order valence-electron chi connectivity index (χ0n) is 11.0. The van der Waals surface area contributed by atoms with Crippen LogP contribution >= 0.6 is 0 Å². The molecule has 2 aromatic carbocycles. The van der Waals surface area contributed by atoms with Crippen LogP contribution in [-0.2, 0) is 4.79 Å². The van der Waals surface area contributed by atoms with Crippen LogP contribution in [0.15, 0.2) is 40.9 Å². The van der Waals surface area contributed by atoms with Crippen LogP contribution in [0.4, 0.5) is 8.78 Å². The van der Waals surface area contributed by atoms with Gasteiger partial charge in [0.1, 0.15) is 23.1 Å². The first-order valence-electron chi connectivity index (χ1n) is 6.24. The fourth-order valence-corrected chi connectivity index (χ4v) is 2.03. The lowest BCUT2D eigenvalue weighted by atomic mass is 10.1. The summed E-state index contributed by atoms with van der Waals surface area (Å²) in [5, 5.41) is 12.8. The van der Waals surface area contributed by atoms with E-state index in [0.29, 0.717) is 5.39 Å². The van der Waals surface area contributed by atoms with Gasteiger partial charge in [0.05, 0.1) is 5.39 Å². The molecule has 3 aromatic rings. The fraction of sp³-hybridized carbons (Fsp3) is 0.0667. The topological polar surface area (TPSA) is 72.6 Å². The summed E-state index contributed by atoms with van der Waals surface area (Å²) in [6, 6.07) is 7.54. The van der Waals surface area contributed by atoms with Gasteiger partial charge in [0.25, 0.3) is 0 Å². The molecule has 0 aliphatic rings. The molecule has 0 saturated carbocycles. The number of fused-ring (bicyclic) bond motifs is 1. The third-order valence-corrected chi connectivity index (χ3v) is 2.99. The number of hydrogen-bond donors (Lipinski definition) is 1. The predicted octanol–water partition coefficient (Wildman–Crippen LogP) is 3.24. The molecule has 0 unspecified atom stereocenters. The highest BCUT2D eigenvalue weighted by Gasteiger charge is 2.16. The molecule has 7 heteroatoms. The highest BCUT2D eigenvalue weighted by atomic mass is 19.1. The van der Waals surface area contributed by atoms with E-state index in [1.165, 1.54) is 12.1 Å². The van der Waals surface area contributed by atoms with Gasteiger partial charge >= 0.3 is 5.97 Å². The molecule has 0 amide bonds. The van der Waals surface area contributed by atoms with E-state index in [1.54, 1.807) is 6.07 Å². The van der Waals surface area contributed by atoms with Crippen LogP contribution in [0, 0.1) is 11.6 Å². The van der Waals surface area contributed by atoms with Crippen LogP contribution < -0.4 is 4.74 Å². The number of carboxylic acids is 1. The molecule has 0 atom stereocenters. The predicted molar refractivity (Wildman–Crippen MR) is 72.5 cm³/mol. The first-order chi connectivity index (χ1) is 10.5. The Labute approximate surface area is 122 Å². The highest BCUT2D eigenvalue weighted by molar-refractivity contribution is 5.92. The quantitative estimate of drug-likeness (QED) is 0.801. The Morgan fingerprint density at radius 2 is 2.05 bits per heavy atom. The van der Waals surface area contributed by atoms with Crippen molar-refractivity contribution in [1.29, 1.82) is 0 Å². The van der Waals surface area contributed by atoms with E-state index < -0.39 is 24.2 Å². The summed E-state index contributed by atoms with van der Waals surface area (Å²) in [6.07, 6.45) is 0. The Morgan fingerprint density at radius 3 is 2.82 bits per heavy atom. The van der Waals surface area contributed by atoms with Crippen LogP contribution in [0.1, 0.15) is 0 Å². The Kier molecular flexibility index (Phi) is 3.46. The van der Waals surface area contributed by atoms with Crippen molar-refractivity contribution >= 4 is 16.9 Å². The minimum Gasteiger partial charge on any atom is -0.482 e. The molecule has 0 spiro atoms. The second-order valence-corrected chi connectivity index (χ2v) is 4.50. The molecule has 0 aliphatic heterocycles. The molecule has 112 valence electrons. The van der Waals surface area contributed by atoms with Gasteiger partial charge in [0.2, 0.25) is 0 Å². The van der Waals surface area contributed by atoms with Gasteiger partial charge < -0.3 is 14.4 Å². The molecule has 22 heavy (non-hydrogen) atoms. The van der Waals surface area contributed by atoms with Crippen molar-refractivity contribution in [1.82, 2.24) is 5.16 Å². The molecule has 0 aliphatic carbocycles. The maximum Gasteiger partial charge on any atom is 0.341 e. The number of nitrogens with zero attached hydrogens (tertiary/aromatic N) is 1. The molecule has 0 fully saturated rings. The van der Waals surface area contributed by atoms with E-state index in [2.05, 4.69) is 5.16 Å². The first-order valence-corrected chi connectivity index (χ1v) is 6.24. The van der Waals surface area contributed by atoms with E-state index in [0.717, 1.165) is 18.2 Å². The number of carboxylic acid groups (broad SMARTS) is 1. The molecule has 1 heterocycles. The Bertz CT molecular complexity index is 860. The summed E-state index contributed by atoms with van der Waals surface area (Å²) in [6.45, 7) is -0.495. The van der Waals surface area contributed by atoms with Crippen LogP contribution in [0.25, 0.3) is 22.2 Å². The summed E-state index contributed by atoms with van der Waals surface area (Å²) in [4.78, 5) is 10.5. The van der Waals surface area contributed by atoms with Crippen LogP contribution in [0.5, 0.6) is 5.75 Å². The smallest absolute Gasteiger partial charge is 0.341 e. The normalized spacial score (nSPS) is 10.8. The minimum absolute atomic E-state index is 0.0158. The maximum absolute atomic E-state index is 13.8. The number of rotatable bonds is 4. The first kappa shape index (κ1) is 14.0. The zero-order chi connectivity index (χ0) is 15.7. The number of ether oxygens (including phenoxy) is 1.